The zero-order valence-corrected chi connectivity index (χ0v) is 6.76. The Morgan fingerprint density at radius 2 is 2.10 bits per heavy atom. The molecular formula is C7H4BBrO. The zero-order valence-electron chi connectivity index (χ0n) is 5.17. The normalized spacial score (nSPS) is 9.30. The molecule has 10 heavy (non-hydrogen) atoms. The van der Waals surface area contributed by atoms with Crippen molar-refractivity contribution in [2.45, 2.75) is 0 Å². The molecular weight excluding hydrogens is 191 g/mol. The minimum atomic E-state index is 0.590. The molecule has 0 heterocycles. The maximum Gasteiger partial charge on any atom is 0.150 e. The number of halogens is 1. The van der Waals surface area contributed by atoms with Crippen molar-refractivity contribution in [3.05, 3.63) is 28.2 Å². The number of hydrogen-bond acceptors (Lipinski definition) is 1. The van der Waals surface area contributed by atoms with Crippen LogP contribution in [0.25, 0.3) is 0 Å². The van der Waals surface area contributed by atoms with E-state index < -0.39 is 0 Å². The van der Waals surface area contributed by atoms with Crippen LogP contribution in [-0.4, -0.2) is 14.1 Å². The van der Waals surface area contributed by atoms with Crippen LogP contribution in [0.1, 0.15) is 10.4 Å². The van der Waals surface area contributed by atoms with Gasteiger partial charge in [-0.25, -0.2) is 0 Å². The lowest BCUT2D eigenvalue weighted by Gasteiger charge is -1.95. The topological polar surface area (TPSA) is 17.1 Å². The number of carbonyl (C=O) groups excluding carboxylic acids is 1. The van der Waals surface area contributed by atoms with E-state index in [1.807, 2.05) is 0 Å². The fourth-order valence-electron chi connectivity index (χ4n) is 0.704. The van der Waals surface area contributed by atoms with Gasteiger partial charge in [-0.05, 0) is 6.07 Å². The molecule has 3 heteroatoms. The van der Waals surface area contributed by atoms with Gasteiger partial charge >= 0.3 is 0 Å². The molecule has 0 aliphatic carbocycles. The molecule has 1 aromatic carbocycles. The quantitative estimate of drug-likeness (QED) is 0.483. The smallest absolute Gasteiger partial charge is 0.150 e. The first kappa shape index (κ1) is 7.54. The first-order chi connectivity index (χ1) is 4.72. The van der Waals surface area contributed by atoms with Crippen LogP contribution in [0.2, 0.25) is 0 Å². The lowest BCUT2D eigenvalue weighted by atomic mass is 9.95. The zero-order chi connectivity index (χ0) is 7.56. The van der Waals surface area contributed by atoms with Gasteiger partial charge in [-0.15, -0.1) is 0 Å². The average molecular weight is 195 g/mol. The molecule has 1 nitrogen and oxygen atoms in total. The summed E-state index contributed by atoms with van der Waals surface area (Å²) >= 11 is 3.21. The molecule has 0 bridgehead atoms. The molecule has 0 saturated heterocycles. The second-order valence-corrected chi connectivity index (χ2v) is 2.85. The maximum absolute atomic E-state index is 10.2. The summed E-state index contributed by atoms with van der Waals surface area (Å²) in [4.78, 5) is 10.2. The third-order valence-corrected chi connectivity index (χ3v) is 1.54. The van der Waals surface area contributed by atoms with Gasteiger partial charge in [0.05, 0.1) is 0 Å². The van der Waals surface area contributed by atoms with Gasteiger partial charge in [-0.1, -0.05) is 33.5 Å². The van der Waals surface area contributed by atoms with Crippen LogP contribution in [0.5, 0.6) is 0 Å². The van der Waals surface area contributed by atoms with Crippen molar-refractivity contribution in [2.75, 3.05) is 0 Å². The highest BCUT2D eigenvalue weighted by Crippen LogP contribution is 2.07. The van der Waals surface area contributed by atoms with Crippen molar-refractivity contribution in [1.82, 2.24) is 0 Å². The highest BCUT2D eigenvalue weighted by atomic mass is 79.9. The molecule has 0 aliphatic heterocycles. The van der Waals surface area contributed by atoms with Crippen LogP contribution in [0.3, 0.4) is 0 Å². The molecule has 2 radical (unpaired) electrons. The summed E-state index contributed by atoms with van der Waals surface area (Å²) in [5, 5.41) is 0. The molecule has 0 fully saturated rings. The molecule has 0 aromatic heterocycles. The molecule has 1 aromatic rings. The fourth-order valence-corrected chi connectivity index (χ4v) is 1.23. The van der Waals surface area contributed by atoms with Crippen LogP contribution >= 0.6 is 15.9 Å². The Morgan fingerprint density at radius 1 is 1.40 bits per heavy atom. The predicted octanol–water partition coefficient (Wildman–Crippen LogP) is 1.06. The summed E-state index contributed by atoms with van der Waals surface area (Å²) in [5.41, 5.74) is 1.18. The summed E-state index contributed by atoms with van der Waals surface area (Å²) in [7, 11) is 5.45. The first-order valence-corrected chi connectivity index (χ1v) is 3.53. The van der Waals surface area contributed by atoms with E-state index in [2.05, 4.69) is 15.9 Å². The monoisotopic (exact) mass is 194 g/mol. The molecule has 1 rings (SSSR count). The molecule has 0 unspecified atom stereocenters. The number of hydrogen-bond donors (Lipinski definition) is 0. The predicted molar refractivity (Wildman–Crippen MR) is 44.9 cm³/mol. The standard InChI is InChI=1S/C7H4BBrO/c8-6-1-5(4-10)2-7(9)3-6/h1-4H. The average Bonchev–Trinajstić information content (AvgIpc) is 1.85. The van der Waals surface area contributed by atoms with E-state index in [9.17, 15) is 4.79 Å². The lowest BCUT2D eigenvalue weighted by molar-refractivity contribution is 0.112. The summed E-state index contributed by atoms with van der Waals surface area (Å²) in [6, 6.07) is 5.08. The summed E-state index contributed by atoms with van der Waals surface area (Å²) in [6.07, 6.45) is 0.765. The van der Waals surface area contributed by atoms with Crippen molar-refractivity contribution in [3.8, 4) is 0 Å². The third kappa shape index (κ3) is 1.71. The van der Waals surface area contributed by atoms with E-state index in [4.69, 9.17) is 7.85 Å². The van der Waals surface area contributed by atoms with Gasteiger partial charge in [0.15, 0.2) is 0 Å². The van der Waals surface area contributed by atoms with Crippen molar-refractivity contribution >= 4 is 35.5 Å². The molecule has 0 amide bonds. The second-order valence-electron chi connectivity index (χ2n) is 1.94. The summed E-state index contributed by atoms with van der Waals surface area (Å²) in [6.45, 7) is 0. The van der Waals surface area contributed by atoms with Crippen molar-refractivity contribution in [1.29, 1.82) is 0 Å². The SMILES string of the molecule is [B]c1cc(Br)cc(C=O)c1. The molecule has 0 aliphatic rings. The molecule has 0 spiro atoms. The number of carbonyl (C=O) groups is 1. The van der Waals surface area contributed by atoms with Crippen molar-refractivity contribution in [2.24, 2.45) is 0 Å². The van der Waals surface area contributed by atoms with Gasteiger partial charge < -0.3 is 0 Å². The van der Waals surface area contributed by atoms with E-state index in [1.54, 1.807) is 18.2 Å². The van der Waals surface area contributed by atoms with Crippen LogP contribution < -0.4 is 5.46 Å². The van der Waals surface area contributed by atoms with Crippen LogP contribution in [0.15, 0.2) is 22.7 Å². The molecule has 0 saturated carbocycles. The maximum atomic E-state index is 10.2. The summed E-state index contributed by atoms with van der Waals surface area (Å²) in [5.74, 6) is 0. The van der Waals surface area contributed by atoms with Crippen LogP contribution in [-0.2, 0) is 0 Å². The van der Waals surface area contributed by atoms with E-state index in [1.165, 1.54) is 0 Å². The van der Waals surface area contributed by atoms with Gasteiger partial charge in [-0.2, -0.15) is 0 Å². The van der Waals surface area contributed by atoms with E-state index in [0.717, 1.165) is 10.8 Å². The Morgan fingerprint density at radius 3 is 2.60 bits per heavy atom. The van der Waals surface area contributed by atoms with E-state index in [0.29, 0.717) is 11.0 Å². The molecule has 0 N–H and O–H groups in total. The minimum absolute atomic E-state index is 0.590. The van der Waals surface area contributed by atoms with Crippen LogP contribution in [0, 0.1) is 0 Å². The molecule has 48 valence electrons. The van der Waals surface area contributed by atoms with Gasteiger partial charge in [0, 0.05) is 10.0 Å². The first-order valence-electron chi connectivity index (χ1n) is 2.73. The number of rotatable bonds is 1. The van der Waals surface area contributed by atoms with Crippen molar-refractivity contribution in [3.63, 3.8) is 0 Å². The fraction of sp³-hybridized carbons (Fsp3) is 0. The number of aldehydes is 1. The van der Waals surface area contributed by atoms with Gasteiger partial charge in [-0.3, -0.25) is 4.79 Å². The van der Waals surface area contributed by atoms with Gasteiger partial charge in [0.25, 0.3) is 0 Å². The Labute approximate surface area is 69.0 Å². The highest BCUT2D eigenvalue weighted by Gasteiger charge is 1.92. The minimum Gasteiger partial charge on any atom is -0.298 e. The van der Waals surface area contributed by atoms with Gasteiger partial charge in [0.2, 0.25) is 0 Å². The Balaban J connectivity index is 3.18. The number of benzene rings is 1. The summed E-state index contributed by atoms with van der Waals surface area (Å²) < 4.78 is 0.828. The second kappa shape index (κ2) is 3.02. The Bertz CT molecular complexity index is 240. The lowest BCUT2D eigenvalue weighted by Crippen LogP contribution is -2.02. The van der Waals surface area contributed by atoms with E-state index in [-0.39, 0.29) is 0 Å². The van der Waals surface area contributed by atoms with Gasteiger partial charge in [0.1, 0.15) is 14.1 Å². The third-order valence-electron chi connectivity index (χ3n) is 1.08. The van der Waals surface area contributed by atoms with Crippen LogP contribution in [0.4, 0.5) is 0 Å². The van der Waals surface area contributed by atoms with Crippen molar-refractivity contribution < 1.29 is 4.79 Å². The largest absolute Gasteiger partial charge is 0.298 e. The molecule has 0 atom stereocenters. The Hall–Kier alpha value is -0.565. The van der Waals surface area contributed by atoms with E-state index >= 15 is 0 Å². The highest BCUT2D eigenvalue weighted by molar-refractivity contribution is 9.10. The Kier molecular flexibility index (Phi) is 2.27.